The van der Waals surface area contributed by atoms with Crippen LogP contribution in [0.1, 0.15) is 37.9 Å². The van der Waals surface area contributed by atoms with E-state index in [1.807, 2.05) is 6.08 Å². The molecule has 92 valence electrons. The standard InChI is InChI=1S/C13H17NO3/c1-2-3-4-5-6-13(15)11-7-9-12(10-8-11)14(16)17/h5-10,13,15H,2-4H2,1H3/b6-5+/t13-/m1/s1. The summed E-state index contributed by atoms with van der Waals surface area (Å²) in [6.07, 6.45) is 6.14. The second-order valence-electron chi connectivity index (χ2n) is 3.86. The molecular formula is C13H17NO3. The number of unbranched alkanes of at least 4 members (excludes halogenated alkanes) is 2. The molecule has 0 aliphatic rings. The highest BCUT2D eigenvalue weighted by Gasteiger charge is 2.07. The molecule has 0 heterocycles. The number of aliphatic hydroxyl groups is 1. The van der Waals surface area contributed by atoms with Gasteiger partial charge in [0.25, 0.3) is 5.69 Å². The SMILES string of the molecule is CCCC/C=C/[C@@H](O)c1ccc([N+](=O)[O-])cc1. The van der Waals surface area contributed by atoms with Crippen LogP contribution in [-0.4, -0.2) is 10.0 Å². The van der Waals surface area contributed by atoms with Crippen LogP contribution in [0.3, 0.4) is 0 Å². The Morgan fingerprint density at radius 1 is 1.41 bits per heavy atom. The zero-order valence-corrected chi connectivity index (χ0v) is 9.87. The first-order chi connectivity index (χ1) is 8.15. The summed E-state index contributed by atoms with van der Waals surface area (Å²) in [4.78, 5) is 10.0. The molecule has 0 spiro atoms. The minimum absolute atomic E-state index is 0.0379. The molecule has 0 aliphatic heterocycles. The molecule has 0 fully saturated rings. The minimum Gasteiger partial charge on any atom is -0.384 e. The number of hydrogen-bond donors (Lipinski definition) is 1. The Kier molecular flexibility index (Phi) is 5.36. The van der Waals surface area contributed by atoms with Crippen LogP contribution in [0, 0.1) is 10.1 Å². The average molecular weight is 235 g/mol. The van der Waals surface area contributed by atoms with Gasteiger partial charge in [0.1, 0.15) is 0 Å². The summed E-state index contributed by atoms with van der Waals surface area (Å²) in [5.74, 6) is 0. The molecule has 0 radical (unpaired) electrons. The van der Waals surface area contributed by atoms with Crippen LogP contribution in [0.5, 0.6) is 0 Å². The minimum atomic E-state index is -0.687. The first-order valence-electron chi connectivity index (χ1n) is 5.74. The lowest BCUT2D eigenvalue weighted by Crippen LogP contribution is -1.94. The lowest BCUT2D eigenvalue weighted by atomic mass is 10.1. The summed E-state index contributed by atoms with van der Waals surface area (Å²) < 4.78 is 0. The Hall–Kier alpha value is -1.68. The summed E-state index contributed by atoms with van der Waals surface area (Å²) in [6, 6.07) is 5.96. The predicted molar refractivity (Wildman–Crippen MR) is 66.7 cm³/mol. The highest BCUT2D eigenvalue weighted by atomic mass is 16.6. The van der Waals surface area contributed by atoms with Crippen molar-refractivity contribution in [1.82, 2.24) is 0 Å². The number of nitro groups is 1. The Morgan fingerprint density at radius 3 is 2.59 bits per heavy atom. The molecule has 0 unspecified atom stereocenters. The summed E-state index contributed by atoms with van der Waals surface area (Å²) in [5, 5.41) is 20.2. The fraction of sp³-hybridized carbons (Fsp3) is 0.385. The third-order valence-electron chi connectivity index (χ3n) is 2.49. The Balaban J connectivity index is 2.60. The molecule has 17 heavy (non-hydrogen) atoms. The summed E-state index contributed by atoms with van der Waals surface area (Å²) >= 11 is 0. The van der Waals surface area contributed by atoms with E-state index in [4.69, 9.17) is 0 Å². The van der Waals surface area contributed by atoms with Gasteiger partial charge in [-0.05, 0) is 24.1 Å². The van der Waals surface area contributed by atoms with Gasteiger partial charge in [-0.3, -0.25) is 10.1 Å². The number of benzene rings is 1. The van der Waals surface area contributed by atoms with Crippen molar-refractivity contribution in [1.29, 1.82) is 0 Å². The largest absolute Gasteiger partial charge is 0.384 e. The van der Waals surface area contributed by atoms with Crippen LogP contribution < -0.4 is 0 Å². The van der Waals surface area contributed by atoms with E-state index in [0.29, 0.717) is 5.56 Å². The fourth-order valence-corrected chi connectivity index (χ4v) is 1.45. The molecule has 1 aromatic rings. The number of allylic oxidation sites excluding steroid dienone is 1. The van der Waals surface area contributed by atoms with Crippen LogP contribution >= 0.6 is 0 Å². The lowest BCUT2D eigenvalue weighted by Gasteiger charge is -2.05. The lowest BCUT2D eigenvalue weighted by molar-refractivity contribution is -0.384. The van der Waals surface area contributed by atoms with Crippen LogP contribution in [0.2, 0.25) is 0 Å². The van der Waals surface area contributed by atoms with Gasteiger partial charge in [-0.1, -0.05) is 31.9 Å². The molecule has 0 aliphatic carbocycles. The number of nitro benzene ring substituents is 1. The van der Waals surface area contributed by atoms with E-state index < -0.39 is 11.0 Å². The zero-order chi connectivity index (χ0) is 12.7. The Bertz CT molecular complexity index is 384. The van der Waals surface area contributed by atoms with E-state index in [-0.39, 0.29) is 5.69 Å². The number of nitrogens with zero attached hydrogens (tertiary/aromatic N) is 1. The third kappa shape index (κ3) is 4.36. The van der Waals surface area contributed by atoms with Gasteiger partial charge in [0, 0.05) is 12.1 Å². The highest BCUT2D eigenvalue weighted by Crippen LogP contribution is 2.18. The summed E-state index contributed by atoms with van der Waals surface area (Å²) in [6.45, 7) is 2.11. The number of non-ortho nitro benzene ring substituents is 1. The van der Waals surface area contributed by atoms with Crippen molar-refractivity contribution in [3.63, 3.8) is 0 Å². The van der Waals surface area contributed by atoms with Crippen molar-refractivity contribution in [2.24, 2.45) is 0 Å². The Morgan fingerprint density at radius 2 is 2.06 bits per heavy atom. The predicted octanol–water partition coefficient (Wildman–Crippen LogP) is 3.37. The smallest absolute Gasteiger partial charge is 0.269 e. The van der Waals surface area contributed by atoms with E-state index >= 15 is 0 Å². The van der Waals surface area contributed by atoms with Gasteiger partial charge >= 0.3 is 0 Å². The van der Waals surface area contributed by atoms with Gasteiger partial charge in [-0.15, -0.1) is 0 Å². The molecule has 4 nitrogen and oxygen atoms in total. The molecule has 1 N–H and O–H groups in total. The summed E-state index contributed by atoms with van der Waals surface area (Å²) in [5.41, 5.74) is 0.708. The summed E-state index contributed by atoms with van der Waals surface area (Å²) in [7, 11) is 0. The van der Waals surface area contributed by atoms with Gasteiger partial charge in [0.2, 0.25) is 0 Å². The van der Waals surface area contributed by atoms with Crippen LogP contribution in [0.15, 0.2) is 36.4 Å². The van der Waals surface area contributed by atoms with Gasteiger partial charge in [0.15, 0.2) is 0 Å². The second kappa shape index (κ2) is 6.81. The van der Waals surface area contributed by atoms with Crippen LogP contribution in [-0.2, 0) is 0 Å². The number of rotatable bonds is 6. The maximum atomic E-state index is 10.5. The molecule has 0 bridgehead atoms. The van der Waals surface area contributed by atoms with Crippen LogP contribution in [0.4, 0.5) is 5.69 Å². The van der Waals surface area contributed by atoms with Crippen molar-refractivity contribution in [2.45, 2.75) is 32.3 Å². The fourth-order valence-electron chi connectivity index (χ4n) is 1.45. The van der Waals surface area contributed by atoms with E-state index in [9.17, 15) is 15.2 Å². The zero-order valence-electron chi connectivity index (χ0n) is 9.87. The van der Waals surface area contributed by atoms with Crippen molar-refractivity contribution >= 4 is 5.69 Å². The van der Waals surface area contributed by atoms with Gasteiger partial charge < -0.3 is 5.11 Å². The maximum absolute atomic E-state index is 10.5. The maximum Gasteiger partial charge on any atom is 0.269 e. The second-order valence-corrected chi connectivity index (χ2v) is 3.86. The molecule has 0 saturated heterocycles. The van der Waals surface area contributed by atoms with E-state index in [1.54, 1.807) is 18.2 Å². The third-order valence-corrected chi connectivity index (χ3v) is 2.49. The van der Waals surface area contributed by atoms with Gasteiger partial charge in [-0.2, -0.15) is 0 Å². The average Bonchev–Trinajstić information content (AvgIpc) is 2.34. The van der Waals surface area contributed by atoms with Crippen molar-refractivity contribution < 1.29 is 10.0 Å². The molecule has 0 amide bonds. The molecule has 1 atom stereocenters. The Labute approximate surface area is 101 Å². The number of hydrogen-bond acceptors (Lipinski definition) is 3. The van der Waals surface area contributed by atoms with Crippen molar-refractivity contribution in [2.75, 3.05) is 0 Å². The quantitative estimate of drug-likeness (QED) is 0.356. The van der Waals surface area contributed by atoms with Gasteiger partial charge in [0.05, 0.1) is 11.0 Å². The van der Waals surface area contributed by atoms with Crippen molar-refractivity contribution in [3.8, 4) is 0 Å². The van der Waals surface area contributed by atoms with Gasteiger partial charge in [-0.25, -0.2) is 0 Å². The normalized spacial score (nSPS) is 12.8. The highest BCUT2D eigenvalue weighted by molar-refractivity contribution is 5.34. The molecule has 0 aromatic heterocycles. The topological polar surface area (TPSA) is 63.4 Å². The van der Waals surface area contributed by atoms with E-state index in [1.165, 1.54) is 12.1 Å². The van der Waals surface area contributed by atoms with Crippen LogP contribution in [0.25, 0.3) is 0 Å². The monoisotopic (exact) mass is 235 g/mol. The first kappa shape index (κ1) is 13.4. The van der Waals surface area contributed by atoms with E-state index in [0.717, 1.165) is 19.3 Å². The molecule has 1 rings (SSSR count). The molecule has 1 aromatic carbocycles. The molecular weight excluding hydrogens is 218 g/mol. The first-order valence-corrected chi connectivity index (χ1v) is 5.74. The van der Waals surface area contributed by atoms with E-state index in [2.05, 4.69) is 6.92 Å². The van der Waals surface area contributed by atoms with Crippen molar-refractivity contribution in [3.05, 3.63) is 52.1 Å². The molecule has 4 heteroatoms. The number of aliphatic hydroxyl groups excluding tert-OH is 1. The molecule has 0 saturated carbocycles.